The van der Waals surface area contributed by atoms with E-state index < -0.39 is 0 Å². The van der Waals surface area contributed by atoms with Gasteiger partial charge in [-0.1, -0.05) is 24.3 Å². The second-order valence-electron chi connectivity index (χ2n) is 8.29. The van der Waals surface area contributed by atoms with Gasteiger partial charge in [0.05, 0.1) is 17.7 Å². The maximum Gasteiger partial charge on any atom is 0.139 e. The van der Waals surface area contributed by atoms with Gasteiger partial charge in [0, 0.05) is 12.6 Å². The molecular weight excluding hydrogens is 346 g/mol. The molecule has 2 N–H and O–H groups in total. The minimum Gasteiger partial charge on any atom is -0.484 e. The minimum atomic E-state index is -0.0133. The van der Waals surface area contributed by atoms with Crippen molar-refractivity contribution in [2.45, 2.75) is 57.7 Å². The summed E-state index contributed by atoms with van der Waals surface area (Å²) in [6, 6.07) is 15.3. The number of nitrogens with two attached hydrogens (primary N) is 1. The lowest BCUT2D eigenvalue weighted by molar-refractivity contribution is 0.0360. The van der Waals surface area contributed by atoms with E-state index in [0.717, 1.165) is 55.6 Å². The van der Waals surface area contributed by atoms with Crippen molar-refractivity contribution < 1.29 is 4.74 Å². The van der Waals surface area contributed by atoms with Crippen molar-refractivity contribution in [2.75, 3.05) is 13.1 Å². The molecular formula is C24H29N3O. The smallest absolute Gasteiger partial charge is 0.139 e. The molecule has 1 aliphatic heterocycles. The number of likely N-dealkylation sites (tertiary alicyclic amines) is 1. The second-order valence-corrected chi connectivity index (χ2v) is 8.29. The van der Waals surface area contributed by atoms with Gasteiger partial charge < -0.3 is 10.5 Å². The Balaban J connectivity index is 1.71. The molecule has 4 nitrogen and oxygen atoms in total. The van der Waals surface area contributed by atoms with Crippen LogP contribution in [0.1, 0.15) is 53.2 Å². The maximum atomic E-state index is 9.26. The Morgan fingerprint density at radius 2 is 1.89 bits per heavy atom. The highest BCUT2D eigenvalue weighted by Crippen LogP contribution is 2.39. The van der Waals surface area contributed by atoms with E-state index in [-0.39, 0.29) is 12.1 Å². The summed E-state index contributed by atoms with van der Waals surface area (Å²) in [5, 5.41) is 9.26. The van der Waals surface area contributed by atoms with Crippen LogP contribution in [0, 0.1) is 25.2 Å². The number of ether oxygens (including phenoxy) is 1. The van der Waals surface area contributed by atoms with E-state index in [4.69, 9.17) is 10.5 Å². The lowest BCUT2D eigenvalue weighted by Crippen LogP contribution is -2.51. The Morgan fingerprint density at radius 1 is 1.14 bits per heavy atom. The molecule has 4 rings (SSSR count). The van der Waals surface area contributed by atoms with Crippen LogP contribution in [0.4, 0.5) is 0 Å². The van der Waals surface area contributed by atoms with Gasteiger partial charge in [0.1, 0.15) is 11.9 Å². The topological polar surface area (TPSA) is 62.3 Å². The molecule has 0 aromatic heterocycles. The van der Waals surface area contributed by atoms with Crippen LogP contribution >= 0.6 is 0 Å². The molecule has 0 radical (unpaired) electrons. The summed E-state index contributed by atoms with van der Waals surface area (Å²) in [5.41, 5.74) is 11.7. The zero-order valence-electron chi connectivity index (χ0n) is 16.8. The lowest BCUT2D eigenvalue weighted by atomic mass is 9.84. The lowest BCUT2D eigenvalue weighted by Gasteiger charge is -2.44. The largest absolute Gasteiger partial charge is 0.484 e. The highest BCUT2D eigenvalue weighted by atomic mass is 16.5. The highest BCUT2D eigenvalue weighted by Gasteiger charge is 2.37. The first-order valence-corrected chi connectivity index (χ1v) is 10.3. The molecule has 3 atom stereocenters. The van der Waals surface area contributed by atoms with E-state index in [1.807, 2.05) is 26.0 Å². The van der Waals surface area contributed by atoms with Crippen LogP contribution in [0.15, 0.2) is 36.4 Å². The van der Waals surface area contributed by atoms with Crippen LogP contribution in [0.5, 0.6) is 5.75 Å². The fraction of sp³-hybridized carbons (Fsp3) is 0.458. The third kappa shape index (κ3) is 3.65. The molecule has 146 valence electrons. The number of hydrogen-bond acceptors (Lipinski definition) is 4. The molecule has 4 heteroatoms. The van der Waals surface area contributed by atoms with Crippen molar-refractivity contribution in [3.05, 3.63) is 64.2 Å². The van der Waals surface area contributed by atoms with Gasteiger partial charge in [0.2, 0.25) is 0 Å². The molecule has 0 spiro atoms. The van der Waals surface area contributed by atoms with Crippen LogP contribution in [-0.2, 0) is 6.42 Å². The van der Waals surface area contributed by atoms with Gasteiger partial charge in [0.25, 0.3) is 0 Å². The van der Waals surface area contributed by atoms with E-state index in [0.29, 0.717) is 11.6 Å². The standard InChI is InChI=1S/C24H29N3O/c1-16-12-18(14-25)13-17(2)23(16)28-24-21-8-4-3-6-19(21)9-10-22(24)27-11-5-7-20(26)15-27/h3-4,6,8,12-13,20,22,24H,5,7,9-11,15,26H2,1-2H3/t20-,22+,24+/m1/s1. The Bertz CT molecular complexity index is 878. The summed E-state index contributed by atoms with van der Waals surface area (Å²) in [7, 11) is 0. The minimum absolute atomic E-state index is 0.0133. The van der Waals surface area contributed by atoms with Gasteiger partial charge >= 0.3 is 0 Å². The Labute approximate surface area is 167 Å². The first-order valence-electron chi connectivity index (χ1n) is 10.3. The van der Waals surface area contributed by atoms with Crippen LogP contribution in [0.2, 0.25) is 0 Å². The first-order chi connectivity index (χ1) is 13.6. The van der Waals surface area contributed by atoms with Crippen molar-refractivity contribution in [3.8, 4) is 11.8 Å². The van der Waals surface area contributed by atoms with Crippen LogP contribution < -0.4 is 10.5 Å². The van der Waals surface area contributed by atoms with Crippen molar-refractivity contribution >= 4 is 0 Å². The van der Waals surface area contributed by atoms with Crippen LogP contribution in [0.3, 0.4) is 0 Å². The SMILES string of the molecule is Cc1cc(C#N)cc(C)c1O[C@H]1c2ccccc2CC[C@@H]1N1CCC[C@@H](N)C1. The van der Waals surface area contributed by atoms with E-state index in [1.165, 1.54) is 11.1 Å². The Hall–Kier alpha value is -2.35. The maximum absolute atomic E-state index is 9.26. The molecule has 1 fully saturated rings. The number of hydrogen-bond donors (Lipinski definition) is 1. The summed E-state index contributed by atoms with van der Waals surface area (Å²) >= 11 is 0. The number of rotatable bonds is 3. The van der Waals surface area contributed by atoms with Crippen LogP contribution in [-0.4, -0.2) is 30.1 Å². The predicted octanol–water partition coefficient (Wildman–Crippen LogP) is 4.03. The highest BCUT2D eigenvalue weighted by molar-refractivity contribution is 5.48. The second kappa shape index (κ2) is 7.95. The molecule has 0 amide bonds. The average Bonchev–Trinajstić information content (AvgIpc) is 2.70. The molecule has 1 aliphatic carbocycles. The summed E-state index contributed by atoms with van der Waals surface area (Å²) in [6.07, 6.45) is 4.42. The molecule has 0 bridgehead atoms. The molecule has 28 heavy (non-hydrogen) atoms. The molecule has 1 saturated heterocycles. The summed E-state index contributed by atoms with van der Waals surface area (Å²) in [5.74, 6) is 0.909. The normalized spacial score (nSPS) is 25.0. The van der Waals surface area contributed by atoms with E-state index in [9.17, 15) is 5.26 Å². The number of nitriles is 1. The number of benzene rings is 2. The van der Waals surface area contributed by atoms with Crippen molar-refractivity contribution in [1.82, 2.24) is 4.90 Å². The first kappa shape index (κ1) is 19.0. The average molecular weight is 376 g/mol. The van der Waals surface area contributed by atoms with Crippen molar-refractivity contribution in [3.63, 3.8) is 0 Å². The molecule has 0 saturated carbocycles. The molecule has 2 aromatic carbocycles. The fourth-order valence-corrected chi connectivity index (χ4v) is 4.89. The molecule has 1 heterocycles. The van der Waals surface area contributed by atoms with Crippen molar-refractivity contribution in [1.29, 1.82) is 5.26 Å². The Morgan fingerprint density at radius 3 is 2.61 bits per heavy atom. The van der Waals surface area contributed by atoms with Crippen molar-refractivity contribution in [2.24, 2.45) is 5.73 Å². The third-order valence-corrected chi connectivity index (χ3v) is 6.21. The third-order valence-electron chi connectivity index (χ3n) is 6.21. The number of aryl methyl sites for hydroxylation is 3. The number of piperidine rings is 1. The number of nitrogens with zero attached hydrogens (tertiary/aromatic N) is 2. The zero-order valence-corrected chi connectivity index (χ0v) is 16.8. The van der Waals surface area contributed by atoms with Crippen LogP contribution in [0.25, 0.3) is 0 Å². The molecule has 2 aliphatic rings. The van der Waals surface area contributed by atoms with Gasteiger partial charge in [-0.2, -0.15) is 5.26 Å². The molecule has 0 unspecified atom stereocenters. The van der Waals surface area contributed by atoms with E-state index in [2.05, 4.69) is 35.2 Å². The summed E-state index contributed by atoms with van der Waals surface area (Å²) in [6.45, 7) is 6.09. The summed E-state index contributed by atoms with van der Waals surface area (Å²) in [4.78, 5) is 2.54. The Kier molecular flexibility index (Phi) is 5.39. The van der Waals surface area contributed by atoms with Gasteiger partial charge in [-0.3, -0.25) is 4.90 Å². The van der Waals surface area contributed by atoms with E-state index in [1.54, 1.807) is 0 Å². The summed E-state index contributed by atoms with van der Waals surface area (Å²) < 4.78 is 6.75. The fourth-order valence-electron chi connectivity index (χ4n) is 4.89. The molecule has 2 aromatic rings. The van der Waals surface area contributed by atoms with Gasteiger partial charge in [0.15, 0.2) is 0 Å². The van der Waals surface area contributed by atoms with E-state index >= 15 is 0 Å². The number of fused-ring (bicyclic) bond motifs is 1. The van der Waals surface area contributed by atoms with Gasteiger partial charge in [-0.25, -0.2) is 0 Å². The quantitative estimate of drug-likeness (QED) is 0.880. The van der Waals surface area contributed by atoms with Gasteiger partial charge in [-0.15, -0.1) is 0 Å². The zero-order chi connectivity index (χ0) is 19.7. The monoisotopic (exact) mass is 375 g/mol. The predicted molar refractivity (Wildman–Crippen MR) is 111 cm³/mol. The van der Waals surface area contributed by atoms with Gasteiger partial charge in [-0.05, 0) is 80.5 Å².